The van der Waals surface area contributed by atoms with Crippen LogP contribution >= 0.6 is 0 Å². The van der Waals surface area contributed by atoms with Gasteiger partial charge in [-0.25, -0.2) is 0 Å². The van der Waals surface area contributed by atoms with E-state index in [1.807, 2.05) is 66.7 Å². The molecule has 0 heterocycles. The summed E-state index contributed by atoms with van der Waals surface area (Å²) >= 11 is 0. The smallest absolute Gasteiger partial charge is 0.101 e. The monoisotopic (exact) mass is 370 g/mol. The van der Waals surface area contributed by atoms with E-state index in [4.69, 9.17) is 0 Å². The molecule has 3 aromatic carbocycles. The summed E-state index contributed by atoms with van der Waals surface area (Å²) in [5, 5.41) is 19.5. The number of nitriles is 2. The zero-order valence-electron chi connectivity index (χ0n) is 15.8. The standard InChI is InChI=1S/C27H18N2/c28-18-23-16-25(20-10-4-1-5-11-20)27(22-14-8-3-9-15-22)26(17-24(23)19-29)21-12-6-2-7-13-21/h1-17,27H. The van der Waals surface area contributed by atoms with Crippen LogP contribution in [0.15, 0.2) is 114 Å². The van der Waals surface area contributed by atoms with Crippen molar-refractivity contribution >= 4 is 11.1 Å². The molecule has 29 heavy (non-hydrogen) atoms. The molecule has 1 aliphatic carbocycles. The van der Waals surface area contributed by atoms with Crippen LogP contribution in [0.25, 0.3) is 11.1 Å². The van der Waals surface area contributed by atoms with Crippen molar-refractivity contribution in [2.75, 3.05) is 0 Å². The Labute approximate surface area is 171 Å². The fourth-order valence-electron chi connectivity index (χ4n) is 3.75. The van der Waals surface area contributed by atoms with E-state index in [-0.39, 0.29) is 5.92 Å². The lowest BCUT2D eigenvalue weighted by Crippen LogP contribution is -2.05. The van der Waals surface area contributed by atoms with Gasteiger partial charge in [-0.15, -0.1) is 0 Å². The second-order valence-corrected chi connectivity index (χ2v) is 6.83. The summed E-state index contributed by atoms with van der Waals surface area (Å²) in [4.78, 5) is 0. The molecule has 0 bridgehead atoms. The largest absolute Gasteiger partial charge is 0.192 e. The predicted octanol–water partition coefficient (Wildman–Crippen LogP) is 6.29. The van der Waals surface area contributed by atoms with Gasteiger partial charge in [-0.3, -0.25) is 0 Å². The molecule has 1 aliphatic rings. The Bertz CT molecular complexity index is 1110. The van der Waals surface area contributed by atoms with Crippen LogP contribution in [-0.4, -0.2) is 0 Å². The maximum absolute atomic E-state index is 9.76. The lowest BCUT2D eigenvalue weighted by atomic mass is 9.79. The zero-order valence-corrected chi connectivity index (χ0v) is 15.8. The molecule has 0 atom stereocenters. The fraction of sp³-hybridized carbons (Fsp3) is 0.0370. The number of hydrogen-bond donors (Lipinski definition) is 0. The Morgan fingerprint density at radius 3 is 1.28 bits per heavy atom. The molecule has 0 fully saturated rings. The molecule has 0 aromatic heterocycles. The Hall–Kier alpha value is -4.14. The fourth-order valence-corrected chi connectivity index (χ4v) is 3.75. The quantitative estimate of drug-likeness (QED) is 0.543. The van der Waals surface area contributed by atoms with E-state index in [2.05, 4.69) is 48.5 Å². The van der Waals surface area contributed by atoms with Gasteiger partial charge in [0.2, 0.25) is 0 Å². The highest BCUT2D eigenvalue weighted by Crippen LogP contribution is 2.45. The lowest BCUT2D eigenvalue weighted by Gasteiger charge is -2.24. The van der Waals surface area contributed by atoms with E-state index in [1.54, 1.807) is 0 Å². The normalized spacial score (nSPS) is 14.3. The molecule has 0 saturated heterocycles. The highest BCUT2D eigenvalue weighted by atomic mass is 14.3. The summed E-state index contributed by atoms with van der Waals surface area (Å²) in [5.41, 5.74) is 5.98. The van der Waals surface area contributed by atoms with Gasteiger partial charge in [0.05, 0.1) is 11.1 Å². The van der Waals surface area contributed by atoms with Gasteiger partial charge in [0.25, 0.3) is 0 Å². The van der Waals surface area contributed by atoms with Gasteiger partial charge >= 0.3 is 0 Å². The third-order valence-electron chi connectivity index (χ3n) is 5.10. The molecular weight excluding hydrogens is 352 g/mol. The van der Waals surface area contributed by atoms with Crippen molar-refractivity contribution in [3.05, 3.63) is 131 Å². The van der Waals surface area contributed by atoms with Crippen molar-refractivity contribution in [1.29, 1.82) is 10.5 Å². The minimum atomic E-state index is -0.102. The van der Waals surface area contributed by atoms with E-state index in [0.717, 1.165) is 27.8 Å². The van der Waals surface area contributed by atoms with Crippen LogP contribution in [0.1, 0.15) is 22.6 Å². The number of benzene rings is 3. The second kappa shape index (κ2) is 8.26. The van der Waals surface area contributed by atoms with Crippen LogP contribution in [0.2, 0.25) is 0 Å². The first kappa shape index (κ1) is 18.2. The van der Waals surface area contributed by atoms with E-state index < -0.39 is 0 Å². The first-order valence-electron chi connectivity index (χ1n) is 9.45. The van der Waals surface area contributed by atoms with E-state index in [0.29, 0.717) is 11.1 Å². The van der Waals surface area contributed by atoms with Gasteiger partial charge in [-0.05, 0) is 40.0 Å². The Kier molecular flexibility index (Phi) is 5.19. The highest BCUT2D eigenvalue weighted by molar-refractivity contribution is 5.92. The average molecular weight is 370 g/mol. The Morgan fingerprint density at radius 1 is 0.517 bits per heavy atom. The van der Waals surface area contributed by atoms with Crippen LogP contribution < -0.4 is 0 Å². The lowest BCUT2D eigenvalue weighted by molar-refractivity contribution is 1.12. The van der Waals surface area contributed by atoms with Gasteiger partial charge in [-0.2, -0.15) is 10.5 Å². The molecule has 0 aliphatic heterocycles. The van der Waals surface area contributed by atoms with Crippen molar-refractivity contribution in [2.24, 2.45) is 0 Å². The molecule has 4 rings (SSSR count). The topological polar surface area (TPSA) is 47.6 Å². The van der Waals surface area contributed by atoms with Crippen molar-refractivity contribution in [3.63, 3.8) is 0 Å². The van der Waals surface area contributed by atoms with Crippen LogP contribution in [0, 0.1) is 22.7 Å². The van der Waals surface area contributed by atoms with Crippen LogP contribution in [0.5, 0.6) is 0 Å². The average Bonchev–Trinajstić information content (AvgIpc) is 2.97. The zero-order chi connectivity index (χ0) is 20.1. The summed E-state index contributed by atoms with van der Waals surface area (Å²) < 4.78 is 0. The maximum atomic E-state index is 9.76. The Morgan fingerprint density at radius 2 is 0.897 bits per heavy atom. The summed E-state index contributed by atoms with van der Waals surface area (Å²) in [6.45, 7) is 0. The second-order valence-electron chi connectivity index (χ2n) is 6.83. The Balaban J connectivity index is 2.06. The van der Waals surface area contributed by atoms with Crippen LogP contribution in [0.3, 0.4) is 0 Å². The van der Waals surface area contributed by atoms with Gasteiger partial charge in [0.1, 0.15) is 12.1 Å². The first-order chi connectivity index (χ1) is 14.3. The third kappa shape index (κ3) is 3.65. The van der Waals surface area contributed by atoms with E-state index in [1.165, 1.54) is 0 Å². The van der Waals surface area contributed by atoms with Gasteiger partial charge in [0.15, 0.2) is 0 Å². The number of hydrogen-bond acceptors (Lipinski definition) is 2. The molecular formula is C27H18N2. The third-order valence-corrected chi connectivity index (χ3v) is 5.10. The van der Waals surface area contributed by atoms with Crippen LogP contribution in [0.4, 0.5) is 0 Å². The molecule has 0 spiro atoms. The van der Waals surface area contributed by atoms with E-state index >= 15 is 0 Å². The molecule has 0 radical (unpaired) electrons. The molecule has 0 amide bonds. The number of allylic oxidation sites excluding steroid dienone is 6. The number of rotatable bonds is 3. The van der Waals surface area contributed by atoms with Gasteiger partial charge < -0.3 is 0 Å². The molecule has 0 unspecified atom stereocenters. The SMILES string of the molecule is N#CC1=C(C#N)C=C(c2ccccc2)C(c2ccccc2)C(c2ccccc2)=C1. The number of nitrogens with zero attached hydrogens (tertiary/aromatic N) is 2. The van der Waals surface area contributed by atoms with E-state index in [9.17, 15) is 10.5 Å². The maximum Gasteiger partial charge on any atom is 0.101 e. The van der Waals surface area contributed by atoms with Crippen molar-refractivity contribution in [1.82, 2.24) is 0 Å². The first-order valence-corrected chi connectivity index (χ1v) is 9.45. The molecule has 3 aromatic rings. The van der Waals surface area contributed by atoms with Crippen molar-refractivity contribution < 1.29 is 0 Å². The summed E-state index contributed by atoms with van der Waals surface area (Å²) in [7, 11) is 0. The molecule has 2 heteroatoms. The summed E-state index contributed by atoms with van der Waals surface area (Å²) in [6, 6.07) is 34.8. The molecule has 2 nitrogen and oxygen atoms in total. The molecule has 136 valence electrons. The van der Waals surface area contributed by atoms with Crippen molar-refractivity contribution in [2.45, 2.75) is 5.92 Å². The highest BCUT2D eigenvalue weighted by Gasteiger charge is 2.27. The minimum absolute atomic E-state index is 0.102. The van der Waals surface area contributed by atoms with Crippen molar-refractivity contribution in [3.8, 4) is 12.1 Å². The minimum Gasteiger partial charge on any atom is -0.192 e. The van der Waals surface area contributed by atoms with Gasteiger partial charge in [-0.1, -0.05) is 91.0 Å². The molecule has 0 N–H and O–H groups in total. The molecule has 0 saturated carbocycles. The van der Waals surface area contributed by atoms with Gasteiger partial charge in [0, 0.05) is 5.92 Å². The predicted molar refractivity (Wildman–Crippen MR) is 116 cm³/mol. The summed E-state index contributed by atoms with van der Waals surface area (Å²) in [5.74, 6) is -0.102. The summed E-state index contributed by atoms with van der Waals surface area (Å²) in [6.07, 6.45) is 3.75. The van der Waals surface area contributed by atoms with Crippen LogP contribution in [-0.2, 0) is 0 Å².